The van der Waals surface area contributed by atoms with E-state index in [0.29, 0.717) is 0 Å². The fraction of sp³-hybridized carbons (Fsp3) is 0.250. The van der Waals surface area contributed by atoms with E-state index in [1.54, 1.807) is 24.3 Å². The smallest absolute Gasteiger partial charge is 0.305 e. The molecule has 0 aliphatic carbocycles. The number of nitrogens with two attached hydrogens (primary N) is 1. The van der Waals surface area contributed by atoms with Crippen LogP contribution in [-0.4, -0.2) is 28.9 Å². The summed E-state index contributed by atoms with van der Waals surface area (Å²) >= 11 is 0. The topological polar surface area (TPSA) is 109 Å². The number of hydrogen-bond acceptors (Lipinski definition) is 4. The molecule has 0 aliphatic heterocycles. The molecule has 0 saturated heterocycles. The number of nitrogens with one attached hydrogen (secondary N) is 1. The minimum absolute atomic E-state index is 0.0480. The van der Waals surface area contributed by atoms with Gasteiger partial charge in [-0.25, -0.2) is 0 Å². The van der Waals surface area contributed by atoms with Gasteiger partial charge in [-0.15, -0.1) is 0 Å². The Morgan fingerprint density at radius 3 is 2.39 bits per heavy atom. The van der Waals surface area contributed by atoms with Crippen molar-refractivity contribution < 1.29 is 19.5 Å². The molecule has 0 aromatic heterocycles. The standard InChI is InChI=1S/C12H14N2O4/c13-9(7-11(16)17)12(18)14-10(15)6-8-4-2-1-3-5-8/h1-5,9H,6-7,13H2,(H,16,17)(H,14,15,18)/t9-/m0/s1. The SMILES string of the molecule is N[C@@H](CC(=O)O)C(=O)NC(=O)Cc1ccccc1. The summed E-state index contributed by atoms with van der Waals surface area (Å²) in [5.74, 6) is -2.47. The quantitative estimate of drug-likeness (QED) is 0.663. The fourth-order valence-electron chi connectivity index (χ4n) is 1.34. The van der Waals surface area contributed by atoms with Gasteiger partial charge in [0.15, 0.2) is 0 Å². The van der Waals surface area contributed by atoms with Crippen molar-refractivity contribution >= 4 is 17.8 Å². The molecule has 18 heavy (non-hydrogen) atoms. The van der Waals surface area contributed by atoms with Crippen LogP contribution in [-0.2, 0) is 20.8 Å². The van der Waals surface area contributed by atoms with Crippen molar-refractivity contribution in [2.45, 2.75) is 18.9 Å². The van der Waals surface area contributed by atoms with Crippen LogP contribution in [0.1, 0.15) is 12.0 Å². The molecule has 1 aromatic rings. The van der Waals surface area contributed by atoms with Crippen molar-refractivity contribution in [2.75, 3.05) is 0 Å². The predicted molar refractivity (Wildman–Crippen MR) is 63.5 cm³/mol. The summed E-state index contributed by atoms with van der Waals surface area (Å²) in [5, 5.41) is 10.5. The second kappa shape index (κ2) is 6.51. The van der Waals surface area contributed by atoms with Gasteiger partial charge in [0.1, 0.15) is 0 Å². The highest BCUT2D eigenvalue weighted by Crippen LogP contribution is 1.99. The summed E-state index contributed by atoms with van der Waals surface area (Å²) in [6.07, 6.45) is -0.461. The van der Waals surface area contributed by atoms with E-state index in [9.17, 15) is 14.4 Å². The second-order valence-electron chi connectivity index (χ2n) is 3.78. The first-order valence-corrected chi connectivity index (χ1v) is 5.34. The second-order valence-corrected chi connectivity index (χ2v) is 3.78. The third-order valence-corrected chi connectivity index (χ3v) is 2.20. The Labute approximate surface area is 104 Å². The summed E-state index contributed by atoms with van der Waals surface area (Å²) in [6.45, 7) is 0. The van der Waals surface area contributed by atoms with E-state index in [1.807, 2.05) is 6.07 Å². The van der Waals surface area contributed by atoms with Crippen molar-refractivity contribution in [1.29, 1.82) is 0 Å². The van der Waals surface area contributed by atoms with Gasteiger partial charge in [0.25, 0.3) is 0 Å². The maximum atomic E-state index is 11.5. The van der Waals surface area contributed by atoms with Crippen molar-refractivity contribution in [1.82, 2.24) is 5.32 Å². The van der Waals surface area contributed by atoms with Crippen molar-refractivity contribution in [3.8, 4) is 0 Å². The molecule has 0 fully saturated rings. The first-order chi connectivity index (χ1) is 8.49. The van der Waals surface area contributed by atoms with Gasteiger partial charge in [0, 0.05) is 0 Å². The molecule has 0 aliphatic rings. The van der Waals surface area contributed by atoms with Crippen LogP contribution in [0.3, 0.4) is 0 Å². The van der Waals surface area contributed by atoms with Gasteiger partial charge >= 0.3 is 5.97 Å². The molecule has 1 aromatic carbocycles. The lowest BCUT2D eigenvalue weighted by molar-refractivity contribution is -0.140. The summed E-state index contributed by atoms with van der Waals surface area (Å²) in [7, 11) is 0. The zero-order valence-electron chi connectivity index (χ0n) is 9.63. The molecular weight excluding hydrogens is 236 g/mol. The molecule has 1 rings (SSSR count). The van der Waals surface area contributed by atoms with Crippen LogP contribution in [0, 0.1) is 0 Å². The lowest BCUT2D eigenvalue weighted by Crippen LogP contribution is -2.44. The molecule has 6 nitrogen and oxygen atoms in total. The number of aliphatic carboxylic acids is 1. The van der Waals surface area contributed by atoms with Crippen LogP contribution in [0.5, 0.6) is 0 Å². The minimum Gasteiger partial charge on any atom is -0.481 e. The van der Waals surface area contributed by atoms with Gasteiger partial charge in [-0.05, 0) is 5.56 Å². The summed E-state index contributed by atoms with van der Waals surface area (Å²) in [6, 6.07) is 7.65. The Bertz CT molecular complexity index is 445. The van der Waals surface area contributed by atoms with Gasteiger partial charge < -0.3 is 10.8 Å². The van der Waals surface area contributed by atoms with Crippen molar-refractivity contribution in [3.05, 3.63) is 35.9 Å². The summed E-state index contributed by atoms with van der Waals surface area (Å²) in [5.41, 5.74) is 6.07. The Morgan fingerprint density at radius 2 is 1.83 bits per heavy atom. The first-order valence-electron chi connectivity index (χ1n) is 5.34. The van der Waals surface area contributed by atoms with Crippen LogP contribution in [0.25, 0.3) is 0 Å². The van der Waals surface area contributed by atoms with E-state index in [2.05, 4.69) is 5.32 Å². The van der Waals surface area contributed by atoms with Gasteiger partial charge in [0.05, 0.1) is 18.9 Å². The zero-order valence-corrected chi connectivity index (χ0v) is 9.63. The third kappa shape index (κ3) is 4.75. The summed E-state index contributed by atoms with van der Waals surface area (Å²) in [4.78, 5) is 33.2. The van der Waals surface area contributed by atoms with Crippen LogP contribution < -0.4 is 11.1 Å². The first kappa shape index (κ1) is 13.9. The van der Waals surface area contributed by atoms with Gasteiger partial charge in [-0.2, -0.15) is 0 Å². The van der Waals surface area contributed by atoms with Gasteiger partial charge in [-0.1, -0.05) is 30.3 Å². The number of carboxylic acid groups (broad SMARTS) is 1. The lowest BCUT2D eigenvalue weighted by Gasteiger charge is -2.09. The predicted octanol–water partition coefficient (Wildman–Crippen LogP) is -0.326. The average Bonchev–Trinajstić information content (AvgIpc) is 2.29. The lowest BCUT2D eigenvalue weighted by atomic mass is 10.1. The largest absolute Gasteiger partial charge is 0.481 e. The highest BCUT2D eigenvalue weighted by Gasteiger charge is 2.19. The number of carboxylic acids is 1. The number of carbonyl (C=O) groups is 3. The molecule has 0 unspecified atom stereocenters. The summed E-state index contributed by atoms with van der Waals surface area (Å²) < 4.78 is 0. The van der Waals surface area contributed by atoms with Crippen LogP contribution >= 0.6 is 0 Å². The molecule has 0 bridgehead atoms. The average molecular weight is 250 g/mol. The van der Waals surface area contributed by atoms with Gasteiger partial charge in [0.2, 0.25) is 11.8 Å². The maximum Gasteiger partial charge on any atom is 0.305 e. The fourth-order valence-corrected chi connectivity index (χ4v) is 1.34. The van der Waals surface area contributed by atoms with Crippen LogP contribution in [0.15, 0.2) is 30.3 Å². The zero-order chi connectivity index (χ0) is 13.5. The molecule has 0 radical (unpaired) electrons. The highest BCUT2D eigenvalue weighted by molar-refractivity contribution is 5.99. The van der Waals surface area contributed by atoms with E-state index < -0.39 is 30.2 Å². The van der Waals surface area contributed by atoms with Crippen LogP contribution in [0.2, 0.25) is 0 Å². The van der Waals surface area contributed by atoms with Crippen LogP contribution in [0.4, 0.5) is 0 Å². The van der Waals surface area contributed by atoms with E-state index in [1.165, 1.54) is 0 Å². The Kier molecular flexibility index (Phi) is 5.01. The molecule has 96 valence electrons. The normalized spacial score (nSPS) is 11.6. The van der Waals surface area contributed by atoms with E-state index >= 15 is 0 Å². The number of carbonyl (C=O) groups excluding carboxylic acids is 2. The molecule has 0 spiro atoms. The number of hydrogen-bond donors (Lipinski definition) is 3. The minimum atomic E-state index is -1.22. The maximum absolute atomic E-state index is 11.5. The van der Waals surface area contributed by atoms with E-state index in [0.717, 1.165) is 5.56 Å². The molecule has 0 heterocycles. The monoisotopic (exact) mass is 250 g/mol. The van der Waals surface area contributed by atoms with E-state index in [4.69, 9.17) is 10.8 Å². The Balaban J connectivity index is 2.45. The number of rotatable bonds is 5. The molecule has 2 amide bonds. The van der Waals surface area contributed by atoms with Gasteiger partial charge in [-0.3, -0.25) is 19.7 Å². The third-order valence-electron chi connectivity index (χ3n) is 2.20. The van der Waals surface area contributed by atoms with Crippen molar-refractivity contribution in [2.24, 2.45) is 5.73 Å². The molecule has 4 N–H and O–H groups in total. The number of amides is 2. The number of benzene rings is 1. The molecule has 6 heteroatoms. The Hall–Kier alpha value is -2.21. The van der Waals surface area contributed by atoms with Crippen molar-refractivity contribution in [3.63, 3.8) is 0 Å². The number of imide groups is 1. The highest BCUT2D eigenvalue weighted by atomic mass is 16.4. The molecular formula is C12H14N2O4. The molecule has 0 saturated carbocycles. The molecule has 1 atom stereocenters. The van der Waals surface area contributed by atoms with E-state index in [-0.39, 0.29) is 6.42 Å². The Morgan fingerprint density at radius 1 is 1.22 bits per heavy atom.